The lowest BCUT2D eigenvalue weighted by molar-refractivity contribution is -0.143. The molecule has 1 aromatic rings. The monoisotopic (exact) mass is 293 g/mol. The van der Waals surface area contributed by atoms with Crippen molar-refractivity contribution < 1.29 is 14.3 Å². The molecule has 0 saturated carbocycles. The predicted octanol–water partition coefficient (Wildman–Crippen LogP) is 3.41. The van der Waals surface area contributed by atoms with Crippen molar-refractivity contribution in [1.82, 2.24) is 0 Å². The molecule has 0 atom stereocenters. The Morgan fingerprint density at radius 2 is 2.00 bits per heavy atom. The summed E-state index contributed by atoms with van der Waals surface area (Å²) in [6.07, 6.45) is 4.43. The molecule has 0 bridgehead atoms. The highest BCUT2D eigenvalue weighted by Gasteiger charge is 2.02. The molecule has 0 saturated heterocycles. The lowest BCUT2D eigenvalue weighted by atomic mass is 10.1. The highest BCUT2D eigenvalue weighted by Crippen LogP contribution is 2.16. The fourth-order valence-electron chi connectivity index (χ4n) is 2.15. The van der Waals surface area contributed by atoms with Crippen LogP contribution in [0.5, 0.6) is 0 Å². The summed E-state index contributed by atoms with van der Waals surface area (Å²) in [7, 11) is 1.72. The first-order valence-corrected chi connectivity index (χ1v) is 7.74. The summed E-state index contributed by atoms with van der Waals surface area (Å²) >= 11 is 0. The molecule has 21 heavy (non-hydrogen) atoms. The van der Waals surface area contributed by atoms with Gasteiger partial charge in [-0.1, -0.05) is 24.6 Å². The maximum atomic E-state index is 11.2. The molecule has 0 aliphatic rings. The summed E-state index contributed by atoms with van der Waals surface area (Å²) in [5.74, 6) is -0.0876. The first kappa shape index (κ1) is 17.5. The minimum absolute atomic E-state index is 0.0876. The molecule has 0 heterocycles. The van der Waals surface area contributed by atoms with Crippen LogP contribution in [0, 0.1) is 0 Å². The zero-order valence-corrected chi connectivity index (χ0v) is 13.2. The maximum Gasteiger partial charge on any atom is 0.305 e. The van der Waals surface area contributed by atoms with Crippen molar-refractivity contribution in [2.75, 3.05) is 32.2 Å². The number of unbranched alkanes of at least 4 members (excludes halogenated alkanes) is 2. The quantitative estimate of drug-likeness (QED) is 0.502. The van der Waals surface area contributed by atoms with Crippen LogP contribution in [0.15, 0.2) is 24.3 Å². The second-order valence-electron chi connectivity index (χ2n) is 4.94. The third kappa shape index (κ3) is 7.71. The number of anilines is 1. The van der Waals surface area contributed by atoms with E-state index in [1.807, 2.05) is 13.0 Å². The lowest BCUT2D eigenvalue weighted by Crippen LogP contribution is -2.07. The van der Waals surface area contributed by atoms with Gasteiger partial charge in [0.2, 0.25) is 0 Å². The number of para-hydroxylation sites is 1. The summed E-state index contributed by atoms with van der Waals surface area (Å²) in [5.41, 5.74) is 2.46. The second kappa shape index (κ2) is 11.1. The van der Waals surface area contributed by atoms with Gasteiger partial charge in [-0.15, -0.1) is 0 Å². The van der Waals surface area contributed by atoms with Crippen molar-refractivity contribution in [3.8, 4) is 0 Å². The van der Waals surface area contributed by atoms with Gasteiger partial charge >= 0.3 is 5.97 Å². The van der Waals surface area contributed by atoms with Crippen molar-refractivity contribution in [3.63, 3.8) is 0 Å². The van der Waals surface area contributed by atoms with Gasteiger partial charge in [-0.2, -0.15) is 0 Å². The molecule has 0 aromatic heterocycles. The number of esters is 1. The Labute approximate surface area is 127 Å². The summed E-state index contributed by atoms with van der Waals surface area (Å²) in [5, 5.41) is 3.46. The van der Waals surface area contributed by atoms with Gasteiger partial charge in [-0.05, 0) is 37.8 Å². The van der Waals surface area contributed by atoms with Crippen LogP contribution in [0.25, 0.3) is 0 Å². The number of carbonyl (C=O) groups excluding carboxylic acids is 1. The normalized spacial score (nSPS) is 10.4. The van der Waals surface area contributed by atoms with Crippen LogP contribution in [0.1, 0.15) is 38.2 Å². The van der Waals surface area contributed by atoms with Crippen molar-refractivity contribution >= 4 is 11.7 Å². The van der Waals surface area contributed by atoms with E-state index in [4.69, 9.17) is 9.47 Å². The zero-order chi connectivity index (χ0) is 15.3. The third-order valence-electron chi connectivity index (χ3n) is 3.27. The SMILES string of the molecule is CCOC(=O)CCCCCNc1ccccc1CCOC. The molecule has 0 unspecified atom stereocenters. The average Bonchev–Trinajstić information content (AvgIpc) is 2.50. The number of rotatable bonds is 11. The standard InChI is InChI=1S/C17H27NO3/c1-3-21-17(19)11-5-4-8-13-18-16-10-7-6-9-15(16)12-14-20-2/h6-7,9-10,18H,3-5,8,11-14H2,1-2H3. The Bertz CT molecular complexity index is 407. The highest BCUT2D eigenvalue weighted by molar-refractivity contribution is 5.69. The van der Waals surface area contributed by atoms with Crippen LogP contribution in [0.3, 0.4) is 0 Å². The van der Waals surface area contributed by atoms with E-state index in [0.29, 0.717) is 13.0 Å². The molecule has 0 aliphatic heterocycles. The van der Waals surface area contributed by atoms with Crippen LogP contribution in [-0.4, -0.2) is 32.8 Å². The fourth-order valence-corrected chi connectivity index (χ4v) is 2.15. The number of ether oxygens (including phenoxy) is 2. The van der Waals surface area contributed by atoms with Crippen LogP contribution in [0.4, 0.5) is 5.69 Å². The van der Waals surface area contributed by atoms with Crippen LogP contribution >= 0.6 is 0 Å². The van der Waals surface area contributed by atoms with E-state index in [0.717, 1.165) is 38.8 Å². The van der Waals surface area contributed by atoms with Gasteiger partial charge in [0.15, 0.2) is 0 Å². The molecule has 0 aliphatic carbocycles. The van der Waals surface area contributed by atoms with Gasteiger partial charge < -0.3 is 14.8 Å². The van der Waals surface area contributed by atoms with Crippen LogP contribution in [0.2, 0.25) is 0 Å². The van der Waals surface area contributed by atoms with E-state index in [-0.39, 0.29) is 5.97 Å². The first-order chi connectivity index (χ1) is 10.3. The zero-order valence-electron chi connectivity index (χ0n) is 13.2. The molecule has 0 spiro atoms. The molecule has 0 fully saturated rings. The maximum absolute atomic E-state index is 11.2. The third-order valence-corrected chi connectivity index (χ3v) is 3.27. The second-order valence-corrected chi connectivity index (χ2v) is 4.94. The topological polar surface area (TPSA) is 47.6 Å². The molecule has 118 valence electrons. The molecular formula is C17H27NO3. The molecule has 1 rings (SSSR count). The highest BCUT2D eigenvalue weighted by atomic mass is 16.5. The summed E-state index contributed by atoms with van der Waals surface area (Å²) < 4.78 is 10.0. The van der Waals surface area contributed by atoms with Gasteiger partial charge in [0, 0.05) is 25.8 Å². The molecule has 4 nitrogen and oxygen atoms in total. The van der Waals surface area contributed by atoms with Crippen molar-refractivity contribution in [3.05, 3.63) is 29.8 Å². The summed E-state index contributed by atoms with van der Waals surface area (Å²) in [4.78, 5) is 11.2. The van der Waals surface area contributed by atoms with Gasteiger partial charge in [0.25, 0.3) is 0 Å². The number of benzene rings is 1. The Morgan fingerprint density at radius 1 is 1.19 bits per heavy atom. The Morgan fingerprint density at radius 3 is 2.76 bits per heavy atom. The van der Waals surface area contributed by atoms with Gasteiger partial charge in [0.05, 0.1) is 13.2 Å². The smallest absolute Gasteiger partial charge is 0.305 e. The van der Waals surface area contributed by atoms with Gasteiger partial charge in [-0.3, -0.25) is 4.79 Å². The molecule has 0 radical (unpaired) electrons. The van der Waals surface area contributed by atoms with Crippen molar-refractivity contribution in [2.45, 2.75) is 39.0 Å². The van der Waals surface area contributed by atoms with Gasteiger partial charge in [-0.25, -0.2) is 0 Å². The van der Waals surface area contributed by atoms with Crippen molar-refractivity contribution in [1.29, 1.82) is 0 Å². The number of hydrogen-bond acceptors (Lipinski definition) is 4. The minimum atomic E-state index is -0.0876. The fraction of sp³-hybridized carbons (Fsp3) is 0.588. The molecule has 4 heteroatoms. The molecular weight excluding hydrogens is 266 g/mol. The number of methoxy groups -OCH3 is 1. The Hall–Kier alpha value is -1.55. The van der Waals surface area contributed by atoms with Crippen LogP contribution in [-0.2, 0) is 20.7 Å². The largest absolute Gasteiger partial charge is 0.466 e. The number of nitrogens with one attached hydrogen (secondary N) is 1. The van der Waals surface area contributed by atoms with E-state index < -0.39 is 0 Å². The van der Waals surface area contributed by atoms with E-state index in [1.54, 1.807) is 7.11 Å². The molecule has 1 aromatic carbocycles. The van der Waals surface area contributed by atoms with E-state index in [9.17, 15) is 4.79 Å². The first-order valence-electron chi connectivity index (χ1n) is 7.74. The summed E-state index contributed by atoms with van der Waals surface area (Å²) in [6.45, 7) is 3.96. The lowest BCUT2D eigenvalue weighted by Gasteiger charge is -2.11. The minimum Gasteiger partial charge on any atom is -0.466 e. The average molecular weight is 293 g/mol. The van der Waals surface area contributed by atoms with E-state index in [2.05, 4.69) is 23.5 Å². The Kier molecular flexibility index (Phi) is 9.29. The Balaban J connectivity index is 2.19. The molecule has 1 N–H and O–H groups in total. The van der Waals surface area contributed by atoms with Crippen molar-refractivity contribution in [2.24, 2.45) is 0 Å². The molecule has 0 amide bonds. The number of carbonyl (C=O) groups is 1. The van der Waals surface area contributed by atoms with Gasteiger partial charge in [0.1, 0.15) is 0 Å². The van der Waals surface area contributed by atoms with E-state index >= 15 is 0 Å². The van der Waals surface area contributed by atoms with E-state index in [1.165, 1.54) is 11.3 Å². The summed E-state index contributed by atoms with van der Waals surface area (Å²) in [6, 6.07) is 8.32. The number of hydrogen-bond donors (Lipinski definition) is 1. The predicted molar refractivity (Wildman–Crippen MR) is 85.6 cm³/mol. The van der Waals surface area contributed by atoms with Crippen LogP contribution < -0.4 is 5.32 Å².